The minimum absolute atomic E-state index is 0.128. The Hall–Kier alpha value is -3.41. The first-order valence-electron chi connectivity index (χ1n) is 13.5. The number of benzene rings is 1. The van der Waals surface area contributed by atoms with Gasteiger partial charge >= 0.3 is 17.6 Å². The topological polar surface area (TPSA) is 70.1 Å². The predicted octanol–water partition coefficient (Wildman–Crippen LogP) is 2.98. The van der Waals surface area contributed by atoms with Crippen LogP contribution in [0, 0.1) is 0 Å². The van der Waals surface area contributed by atoms with Crippen LogP contribution in [0.15, 0.2) is 36.4 Å². The van der Waals surface area contributed by atoms with E-state index in [1.807, 2.05) is 31.0 Å². The van der Waals surface area contributed by atoms with Crippen molar-refractivity contribution in [3.8, 4) is 5.75 Å². The number of hydrogen-bond donors (Lipinski definition) is 0. The molecule has 1 amide bonds. The highest BCUT2D eigenvalue weighted by Crippen LogP contribution is 2.32. The van der Waals surface area contributed by atoms with Crippen LogP contribution in [0.4, 0.5) is 19.0 Å². The number of alkyl halides is 3. The Morgan fingerprint density at radius 2 is 1.77 bits per heavy atom. The van der Waals surface area contributed by atoms with Crippen molar-refractivity contribution >= 4 is 17.4 Å². The summed E-state index contributed by atoms with van der Waals surface area (Å²) >= 11 is 0. The van der Waals surface area contributed by atoms with Crippen LogP contribution in [0.25, 0.3) is 5.65 Å². The molecule has 0 saturated carbocycles. The number of halogens is 3. The second-order valence-corrected chi connectivity index (χ2v) is 10.2. The van der Waals surface area contributed by atoms with Crippen LogP contribution in [-0.4, -0.2) is 82.8 Å². The summed E-state index contributed by atoms with van der Waals surface area (Å²) in [6.07, 6.45) is -2.83. The Bertz CT molecular complexity index is 1300. The lowest BCUT2D eigenvalue weighted by Crippen LogP contribution is -2.55. The van der Waals surface area contributed by atoms with Gasteiger partial charge in [0.25, 0.3) is 0 Å². The Balaban J connectivity index is 1.16. The zero-order chi connectivity index (χ0) is 27.7. The molecule has 39 heavy (non-hydrogen) atoms. The lowest BCUT2D eigenvalue weighted by Gasteiger charge is -2.37. The number of ether oxygens (including phenoxy) is 1. The number of aryl methyl sites for hydroxylation is 1. The summed E-state index contributed by atoms with van der Waals surface area (Å²) in [6.45, 7) is 8.21. The van der Waals surface area contributed by atoms with Crippen molar-refractivity contribution in [3.05, 3.63) is 47.8 Å². The van der Waals surface area contributed by atoms with Crippen LogP contribution >= 0.6 is 0 Å². The molecule has 0 aliphatic carbocycles. The fraction of sp³-hybridized carbons (Fsp3) is 0.556. The molecule has 0 unspecified atom stereocenters. The number of piperidine rings is 1. The highest BCUT2D eigenvalue weighted by molar-refractivity contribution is 5.81. The van der Waals surface area contributed by atoms with Gasteiger partial charge in [-0.1, -0.05) is 21.7 Å². The maximum absolute atomic E-state index is 13.5. The van der Waals surface area contributed by atoms with Crippen LogP contribution in [0.5, 0.6) is 5.75 Å². The number of aromatic nitrogens is 4. The van der Waals surface area contributed by atoms with Gasteiger partial charge in [-0.3, -0.25) is 9.69 Å². The summed E-state index contributed by atoms with van der Waals surface area (Å²) in [6, 6.07) is 11.4. The van der Waals surface area contributed by atoms with Crippen molar-refractivity contribution < 1.29 is 27.4 Å². The van der Waals surface area contributed by atoms with Crippen molar-refractivity contribution in [2.24, 2.45) is 0 Å². The minimum atomic E-state index is -4.58. The number of nitrogens with zero attached hydrogens (tertiary/aromatic N) is 7. The third-order valence-corrected chi connectivity index (χ3v) is 7.86. The van der Waals surface area contributed by atoms with E-state index in [1.165, 1.54) is 10.2 Å². The maximum Gasteiger partial charge on any atom is 0.479 e. The number of hydrogen-bond acceptors (Lipinski definition) is 6. The molecule has 12 heteroatoms. The minimum Gasteiger partial charge on any atom is -0.492 e. The zero-order valence-electron chi connectivity index (χ0n) is 22.6. The van der Waals surface area contributed by atoms with Gasteiger partial charge in [-0.2, -0.15) is 13.2 Å². The average molecular weight is 547 g/mol. The maximum atomic E-state index is 13.5. The Morgan fingerprint density at radius 3 is 2.44 bits per heavy atom. The first-order chi connectivity index (χ1) is 18.7. The summed E-state index contributed by atoms with van der Waals surface area (Å²) in [5, 5.41) is 8.04. The highest BCUT2D eigenvalue weighted by atomic mass is 19.4. The third-order valence-electron chi connectivity index (χ3n) is 7.86. The molecule has 0 spiro atoms. The Morgan fingerprint density at radius 1 is 1.05 bits per heavy atom. The molecule has 1 atom stereocenters. The molecule has 0 radical (unpaired) electrons. The molecule has 0 bridgehead atoms. The lowest BCUT2D eigenvalue weighted by atomic mass is 9.89. The van der Waals surface area contributed by atoms with Gasteiger partial charge in [0.05, 0.1) is 6.04 Å². The molecule has 4 heterocycles. The number of fused-ring (bicyclic) bond motifs is 1. The molecule has 1 aromatic carbocycles. The van der Waals surface area contributed by atoms with Gasteiger partial charge in [-0.05, 0) is 61.5 Å². The van der Waals surface area contributed by atoms with E-state index in [-0.39, 0.29) is 11.9 Å². The summed E-state index contributed by atoms with van der Waals surface area (Å²) in [5.74, 6) is 0.812. The predicted molar refractivity (Wildman–Crippen MR) is 139 cm³/mol. The van der Waals surface area contributed by atoms with E-state index in [1.54, 1.807) is 24.0 Å². The second kappa shape index (κ2) is 11.0. The van der Waals surface area contributed by atoms with Gasteiger partial charge in [0.15, 0.2) is 5.82 Å². The number of carbonyl (C=O) groups excluding carboxylic acids is 1. The van der Waals surface area contributed by atoms with Crippen LogP contribution in [0.1, 0.15) is 44.0 Å². The SMILES string of the molecule is CC[n+]1nc(C(F)(F)F)n2nc(N3CCC(c4ccc(OCCN5CCN(C)C(=O)[C@@H]5C)cc4)CC3)ccc21. The van der Waals surface area contributed by atoms with E-state index in [9.17, 15) is 18.0 Å². The molecule has 2 aliphatic rings. The number of likely N-dealkylation sites (N-methyl/N-ethyl adjacent to an activating group) is 1. The fourth-order valence-electron chi connectivity index (χ4n) is 5.47. The summed E-state index contributed by atoms with van der Waals surface area (Å²) in [5.41, 5.74) is 1.54. The number of rotatable bonds is 7. The first kappa shape index (κ1) is 27.2. The third kappa shape index (κ3) is 5.66. The number of carbonyl (C=O) groups is 1. The van der Waals surface area contributed by atoms with E-state index in [0.29, 0.717) is 50.2 Å². The molecule has 5 rings (SSSR count). The van der Waals surface area contributed by atoms with E-state index >= 15 is 0 Å². The van der Waals surface area contributed by atoms with Crippen molar-refractivity contribution in [1.29, 1.82) is 0 Å². The molecule has 2 aromatic heterocycles. The van der Waals surface area contributed by atoms with Crippen molar-refractivity contribution in [2.75, 3.05) is 51.3 Å². The fourth-order valence-corrected chi connectivity index (χ4v) is 5.47. The summed E-state index contributed by atoms with van der Waals surface area (Å²) in [4.78, 5) is 18.1. The molecule has 210 valence electrons. The normalized spacial score (nSPS) is 19.7. The van der Waals surface area contributed by atoms with Crippen LogP contribution < -0.4 is 14.3 Å². The van der Waals surface area contributed by atoms with Crippen molar-refractivity contribution in [2.45, 2.75) is 51.4 Å². The molecular weight excluding hydrogens is 511 g/mol. The molecule has 2 aliphatic heterocycles. The molecule has 2 fully saturated rings. The molecule has 2 saturated heterocycles. The zero-order valence-corrected chi connectivity index (χ0v) is 22.6. The van der Waals surface area contributed by atoms with Crippen LogP contribution in [-0.2, 0) is 17.5 Å². The summed E-state index contributed by atoms with van der Waals surface area (Å²) in [7, 11) is 1.84. The molecule has 3 aromatic rings. The standard InChI is InChI=1S/C27H35F3N7O2/c1-4-36-24-10-9-23(31-37(24)26(32-36)27(28,29)30)35-13-11-21(12-14-35)20-5-7-22(8-6-20)39-18-17-34-16-15-33(3)25(38)19(34)2/h5-10,19,21H,4,11-18H2,1-3H3/q+1/t19-/m0/s1. The van der Waals surface area contributed by atoms with E-state index in [0.717, 1.165) is 36.2 Å². The van der Waals surface area contributed by atoms with E-state index < -0.39 is 12.0 Å². The molecule has 9 nitrogen and oxygen atoms in total. The van der Waals surface area contributed by atoms with E-state index in [2.05, 4.69) is 27.2 Å². The smallest absolute Gasteiger partial charge is 0.479 e. The van der Waals surface area contributed by atoms with Gasteiger partial charge in [0.2, 0.25) is 5.91 Å². The largest absolute Gasteiger partial charge is 0.492 e. The van der Waals surface area contributed by atoms with Gasteiger partial charge in [0.1, 0.15) is 18.9 Å². The monoisotopic (exact) mass is 546 g/mol. The summed E-state index contributed by atoms with van der Waals surface area (Å²) < 4.78 is 48.8. The number of amides is 1. The number of anilines is 1. The first-order valence-corrected chi connectivity index (χ1v) is 13.5. The van der Waals surface area contributed by atoms with E-state index in [4.69, 9.17) is 4.74 Å². The second-order valence-electron chi connectivity index (χ2n) is 10.2. The molecular formula is C27H35F3N7O2+. The van der Waals surface area contributed by atoms with Gasteiger partial charge in [0, 0.05) is 45.8 Å². The lowest BCUT2D eigenvalue weighted by molar-refractivity contribution is -0.726. The highest BCUT2D eigenvalue weighted by Gasteiger charge is 2.44. The van der Waals surface area contributed by atoms with Gasteiger partial charge in [-0.25, -0.2) is 0 Å². The quantitative estimate of drug-likeness (QED) is 0.425. The van der Waals surface area contributed by atoms with Crippen LogP contribution in [0.2, 0.25) is 0 Å². The van der Waals surface area contributed by atoms with Crippen LogP contribution in [0.3, 0.4) is 0 Å². The van der Waals surface area contributed by atoms with Gasteiger partial charge < -0.3 is 14.5 Å². The average Bonchev–Trinajstić information content (AvgIpc) is 3.32. The Kier molecular flexibility index (Phi) is 7.66. The van der Waals surface area contributed by atoms with Crippen molar-refractivity contribution in [1.82, 2.24) is 24.5 Å². The van der Waals surface area contributed by atoms with Gasteiger partial charge in [-0.15, -0.1) is 4.68 Å². The van der Waals surface area contributed by atoms with Crippen molar-refractivity contribution in [3.63, 3.8) is 0 Å². The molecule has 0 N–H and O–H groups in total. The number of piperazine rings is 1. The Labute approximate surface area is 225 Å².